The van der Waals surface area contributed by atoms with Crippen molar-refractivity contribution in [2.45, 2.75) is 32.4 Å². The van der Waals surface area contributed by atoms with Crippen LogP contribution in [0.25, 0.3) is 0 Å². The van der Waals surface area contributed by atoms with E-state index in [0.29, 0.717) is 18.8 Å². The Balaban J connectivity index is 1.45. The minimum Gasteiger partial charge on any atom is -0.497 e. The van der Waals surface area contributed by atoms with Crippen LogP contribution < -0.4 is 20.2 Å². The number of nitrogens with one attached hydrogen (secondary N) is 1. The average Bonchev–Trinajstić information content (AvgIpc) is 2.73. The van der Waals surface area contributed by atoms with Gasteiger partial charge in [0.2, 0.25) is 11.2 Å². The summed E-state index contributed by atoms with van der Waals surface area (Å²) >= 11 is 0. The van der Waals surface area contributed by atoms with Crippen molar-refractivity contribution < 1.29 is 18.7 Å². The Labute approximate surface area is 164 Å². The highest BCUT2D eigenvalue weighted by Crippen LogP contribution is 2.14. The van der Waals surface area contributed by atoms with Crippen molar-refractivity contribution >= 4 is 5.91 Å². The Morgan fingerprint density at radius 1 is 1.18 bits per heavy atom. The zero-order valence-electron chi connectivity index (χ0n) is 16.1. The molecule has 0 atom stereocenters. The van der Waals surface area contributed by atoms with Gasteiger partial charge in [0.1, 0.15) is 17.8 Å². The molecule has 28 heavy (non-hydrogen) atoms. The summed E-state index contributed by atoms with van der Waals surface area (Å²) in [5.74, 6) is 1.10. The van der Waals surface area contributed by atoms with Crippen LogP contribution in [-0.4, -0.2) is 37.6 Å². The van der Waals surface area contributed by atoms with Gasteiger partial charge in [-0.2, -0.15) is 0 Å². The molecule has 0 spiro atoms. The van der Waals surface area contributed by atoms with Crippen LogP contribution in [0.2, 0.25) is 0 Å². The number of hydrogen-bond acceptors (Lipinski definition) is 6. The van der Waals surface area contributed by atoms with Crippen LogP contribution in [0.1, 0.15) is 30.6 Å². The van der Waals surface area contributed by atoms with Crippen molar-refractivity contribution in [2.75, 3.05) is 26.8 Å². The lowest BCUT2D eigenvalue weighted by Crippen LogP contribution is -2.30. The van der Waals surface area contributed by atoms with E-state index in [1.54, 1.807) is 7.11 Å². The molecule has 1 saturated heterocycles. The summed E-state index contributed by atoms with van der Waals surface area (Å²) in [6.07, 6.45) is 4.90. The Morgan fingerprint density at radius 3 is 2.61 bits per heavy atom. The highest BCUT2D eigenvalue weighted by atomic mass is 16.5. The van der Waals surface area contributed by atoms with Crippen molar-refractivity contribution in [3.05, 3.63) is 58.1 Å². The number of piperidine rings is 1. The molecule has 1 aromatic heterocycles. The van der Waals surface area contributed by atoms with Gasteiger partial charge >= 0.3 is 0 Å². The van der Waals surface area contributed by atoms with Gasteiger partial charge in [0, 0.05) is 12.6 Å². The lowest BCUT2D eigenvalue weighted by Gasteiger charge is -2.25. The molecule has 150 valence electrons. The number of nitrogens with zero attached hydrogens (tertiary/aromatic N) is 1. The summed E-state index contributed by atoms with van der Waals surface area (Å²) in [7, 11) is 1.60. The number of amides is 1. The molecule has 1 aliphatic rings. The zero-order valence-corrected chi connectivity index (χ0v) is 16.1. The molecule has 0 saturated carbocycles. The summed E-state index contributed by atoms with van der Waals surface area (Å²) in [5.41, 5.74) is 0.664. The number of ether oxygens (including phenoxy) is 2. The third kappa shape index (κ3) is 5.85. The normalized spacial score (nSPS) is 14.5. The molecule has 1 aliphatic heterocycles. The van der Waals surface area contributed by atoms with Gasteiger partial charge in [0.05, 0.1) is 13.7 Å². The maximum absolute atomic E-state index is 12.2. The predicted molar refractivity (Wildman–Crippen MR) is 104 cm³/mol. The smallest absolute Gasteiger partial charge is 0.258 e. The van der Waals surface area contributed by atoms with Gasteiger partial charge in [-0.3, -0.25) is 14.5 Å². The molecule has 3 rings (SSSR count). The average molecular weight is 386 g/mol. The number of benzene rings is 1. The fraction of sp³-hybridized carbons (Fsp3) is 0.429. The van der Waals surface area contributed by atoms with Gasteiger partial charge in [-0.25, -0.2) is 0 Å². The van der Waals surface area contributed by atoms with Gasteiger partial charge in [0.25, 0.3) is 5.91 Å². The predicted octanol–water partition coefficient (Wildman–Crippen LogP) is 2.33. The molecular weight excluding hydrogens is 360 g/mol. The first-order valence-corrected chi connectivity index (χ1v) is 9.50. The van der Waals surface area contributed by atoms with Crippen molar-refractivity contribution in [3.8, 4) is 11.5 Å². The molecule has 1 N–H and O–H groups in total. The molecule has 1 fully saturated rings. The van der Waals surface area contributed by atoms with Gasteiger partial charge in [-0.15, -0.1) is 0 Å². The van der Waals surface area contributed by atoms with Gasteiger partial charge in [-0.1, -0.05) is 18.6 Å². The number of carbonyl (C=O) groups is 1. The van der Waals surface area contributed by atoms with Crippen LogP contribution in [-0.2, 0) is 17.9 Å². The summed E-state index contributed by atoms with van der Waals surface area (Å²) in [6.45, 7) is 2.80. The SMILES string of the molecule is COc1ccc(CNC(=O)COc2coc(CN3CCCCC3)cc2=O)cc1. The Kier molecular flexibility index (Phi) is 7.08. The van der Waals surface area contributed by atoms with Crippen molar-refractivity contribution in [3.63, 3.8) is 0 Å². The molecule has 7 nitrogen and oxygen atoms in total. The zero-order chi connectivity index (χ0) is 19.8. The Morgan fingerprint density at radius 2 is 1.93 bits per heavy atom. The number of carbonyl (C=O) groups excluding carboxylic acids is 1. The molecule has 2 aromatic rings. The van der Waals surface area contributed by atoms with E-state index in [0.717, 1.165) is 24.4 Å². The molecular formula is C21H26N2O5. The Bertz CT molecular complexity index is 825. The van der Waals surface area contributed by atoms with Crippen molar-refractivity contribution in [1.29, 1.82) is 0 Å². The summed E-state index contributed by atoms with van der Waals surface area (Å²) in [4.78, 5) is 26.4. The van der Waals surface area contributed by atoms with E-state index >= 15 is 0 Å². The first-order valence-electron chi connectivity index (χ1n) is 9.50. The molecule has 0 unspecified atom stereocenters. The monoisotopic (exact) mass is 386 g/mol. The number of hydrogen-bond donors (Lipinski definition) is 1. The highest BCUT2D eigenvalue weighted by molar-refractivity contribution is 5.77. The molecule has 2 heterocycles. The fourth-order valence-corrected chi connectivity index (χ4v) is 3.10. The van der Waals surface area contributed by atoms with Crippen LogP contribution in [0.5, 0.6) is 11.5 Å². The van der Waals surface area contributed by atoms with E-state index in [4.69, 9.17) is 13.9 Å². The topological polar surface area (TPSA) is 81.0 Å². The molecule has 1 amide bonds. The van der Waals surface area contributed by atoms with Gasteiger partial charge in [0.15, 0.2) is 6.61 Å². The second kappa shape index (κ2) is 9.94. The number of methoxy groups -OCH3 is 1. The third-order valence-electron chi connectivity index (χ3n) is 4.69. The van der Waals surface area contributed by atoms with E-state index in [9.17, 15) is 9.59 Å². The van der Waals surface area contributed by atoms with Gasteiger partial charge < -0.3 is 19.2 Å². The quantitative estimate of drug-likeness (QED) is 0.750. The summed E-state index contributed by atoms with van der Waals surface area (Å²) < 4.78 is 15.9. The largest absolute Gasteiger partial charge is 0.497 e. The van der Waals surface area contributed by atoms with Crippen LogP contribution in [0, 0.1) is 0 Å². The third-order valence-corrected chi connectivity index (χ3v) is 4.69. The van der Waals surface area contributed by atoms with Crippen molar-refractivity contribution in [1.82, 2.24) is 10.2 Å². The molecule has 0 aliphatic carbocycles. The highest BCUT2D eigenvalue weighted by Gasteiger charge is 2.13. The van der Waals surface area contributed by atoms with Crippen LogP contribution >= 0.6 is 0 Å². The first-order chi connectivity index (χ1) is 13.6. The first kappa shape index (κ1) is 19.9. The lowest BCUT2D eigenvalue weighted by atomic mass is 10.1. The second-order valence-electron chi connectivity index (χ2n) is 6.83. The van der Waals surface area contributed by atoms with E-state index in [1.165, 1.54) is 31.6 Å². The van der Waals surface area contributed by atoms with Crippen molar-refractivity contribution in [2.24, 2.45) is 0 Å². The lowest BCUT2D eigenvalue weighted by molar-refractivity contribution is -0.123. The van der Waals surface area contributed by atoms with E-state index in [2.05, 4.69) is 10.2 Å². The fourth-order valence-electron chi connectivity index (χ4n) is 3.10. The molecule has 1 aromatic carbocycles. The minimum atomic E-state index is -0.312. The van der Waals surface area contributed by atoms with E-state index in [1.807, 2.05) is 24.3 Å². The van der Waals surface area contributed by atoms with Crippen LogP contribution in [0.15, 0.2) is 45.8 Å². The summed E-state index contributed by atoms with van der Waals surface area (Å²) in [5, 5.41) is 2.75. The van der Waals surface area contributed by atoms with Crippen LogP contribution in [0.3, 0.4) is 0 Å². The summed E-state index contributed by atoms with van der Waals surface area (Å²) in [6, 6.07) is 8.84. The number of rotatable bonds is 8. The van der Waals surface area contributed by atoms with E-state index < -0.39 is 0 Å². The minimum absolute atomic E-state index is 0.0435. The second-order valence-corrected chi connectivity index (χ2v) is 6.83. The molecule has 0 bridgehead atoms. The Hall–Kier alpha value is -2.80. The molecule has 7 heteroatoms. The maximum atomic E-state index is 12.2. The molecule has 0 radical (unpaired) electrons. The van der Waals surface area contributed by atoms with E-state index in [-0.39, 0.29) is 23.7 Å². The standard InChI is InChI=1S/C21H26N2O5/c1-26-17-7-5-16(6-8-17)12-22-21(25)15-28-20-14-27-18(11-19(20)24)13-23-9-3-2-4-10-23/h5-8,11,14H,2-4,9-10,12-13,15H2,1H3,(H,22,25). The van der Waals surface area contributed by atoms with Gasteiger partial charge in [-0.05, 0) is 43.6 Å². The maximum Gasteiger partial charge on any atom is 0.258 e. The van der Waals surface area contributed by atoms with Crippen LogP contribution in [0.4, 0.5) is 0 Å². The number of likely N-dealkylation sites (tertiary alicyclic amines) is 1.